The number of aromatic carboxylic acids is 2. The van der Waals surface area contributed by atoms with Crippen LogP contribution in [0, 0.1) is 0 Å². The summed E-state index contributed by atoms with van der Waals surface area (Å²) in [5.74, 6) is -2.84. The SMILES string of the molecule is COc1ccc2[nH]c(C(=O)[O-])c(CCNC(=O)c3ccccc3C(=O)[O-])c2c1. The average Bonchev–Trinajstić information content (AvgIpc) is 3.06. The largest absolute Gasteiger partial charge is 0.545 e. The lowest BCUT2D eigenvalue weighted by molar-refractivity contribution is -0.256. The molecular formula is C20H16N2O6-2. The molecule has 8 heteroatoms. The molecule has 0 aliphatic heterocycles. The van der Waals surface area contributed by atoms with Crippen LogP contribution >= 0.6 is 0 Å². The highest BCUT2D eigenvalue weighted by Gasteiger charge is 2.15. The first-order valence-electron chi connectivity index (χ1n) is 8.41. The van der Waals surface area contributed by atoms with Gasteiger partial charge in [-0.3, -0.25) is 4.79 Å². The van der Waals surface area contributed by atoms with Gasteiger partial charge in [0.05, 0.1) is 24.7 Å². The third-order valence-corrected chi connectivity index (χ3v) is 4.37. The van der Waals surface area contributed by atoms with Crippen molar-refractivity contribution in [1.82, 2.24) is 10.3 Å². The molecule has 0 unspecified atom stereocenters. The zero-order valence-corrected chi connectivity index (χ0v) is 14.9. The van der Waals surface area contributed by atoms with Crippen LogP contribution in [0.5, 0.6) is 5.75 Å². The number of benzene rings is 2. The van der Waals surface area contributed by atoms with E-state index in [1.165, 1.54) is 25.3 Å². The van der Waals surface area contributed by atoms with Crippen molar-refractivity contribution in [3.63, 3.8) is 0 Å². The van der Waals surface area contributed by atoms with Crippen molar-refractivity contribution < 1.29 is 29.3 Å². The Hall–Kier alpha value is -3.81. The molecule has 0 saturated carbocycles. The Morgan fingerprint density at radius 1 is 1.04 bits per heavy atom. The number of aromatic amines is 1. The second-order valence-electron chi connectivity index (χ2n) is 6.02. The van der Waals surface area contributed by atoms with E-state index < -0.39 is 17.8 Å². The topological polar surface area (TPSA) is 134 Å². The lowest BCUT2D eigenvalue weighted by Gasteiger charge is -2.11. The minimum Gasteiger partial charge on any atom is -0.545 e. The zero-order chi connectivity index (χ0) is 20.3. The smallest absolute Gasteiger partial charge is 0.251 e. The molecule has 1 aromatic heterocycles. The number of methoxy groups -OCH3 is 1. The molecule has 0 aliphatic rings. The van der Waals surface area contributed by atoms with Crippen molar-refractivity contribution in [3.05, 3.63) is 64.8 Å². The van der Waals surface area contributed by atoms with E-state index in [0.717, 1.165) is 0 Å². The summed E-state index contributed by atoms with van der Waals surface area (Å²) >= 11 is 0. The van der Waals surface area contributed by atoms with Crippen LogP contribution in [0.1, 0.15) is 36.8 Å². The molecule has 0 saturated heterocycles. The molecule has 0 atom stereocenters. The van der Waals surface area contributed by atoms with Gasteiger partial charge in [-0.05, 0) is 36.2 Å². The summed E-state index contributed by atoms with van der Waals surface area (Å²) in [5, 5.41) is 25.8. The number of aromatic nitrogens is 1. The highest BCUT2D eigenvalue weighted by molar-refractivity contribution is 6.04. The monoisotopic (exact) mass is 380 g/mol. The number of rotatable bonds is 7. The van der Waals surface area contributed by atoms with Crippen LogP contribution in [0.3, 0.4) is 0 Å². The van der Waals surface area contributed by atoms with Gasteiger partial charge >= 0.3 is 0 Å². The van der Waals surface area contributed by atoms with Crippen LogP contribution in [-0.2, 0) is 6.42 Å². The van der Waals surface area contributed by atoms with Gasteiger partial charge < -0.3 is 34.8 Å². The van der Waals surface area contributed by atoms with Crippen LogP contribution in [-0.4, -0.2) is 36.5 Å². The van der Waals surface area contributed by atoms with Gasteiger partial charge in [-0.1, -0.05) is 18.2 Å². The van der Waals surface area contributed by atoms with E-state index in [2.05, 4.69) is 10.3 Å². The van der Waals surface area contributed by atoms with Crippen LogP contribution in [0.2, 0.25) is 0 Å². The first-order chi connectivity index (χ1) is 13.4. The van der Waals surface area contributed by atoms with E-state index in [4.69, 9.17) is 4.74 Å². The Morgan fingerprint density at radius 3 is 2.39 bits per heavy atom. The number of carboxylic acids is 2. The van der Waals surface area contributed by atoms with Crippen molar-refractivity contribution >= 4 is 28.7 Å². The fourth-order valence-electron chi connectivity index (χ4n) is 3.04. The molecule has 0 spiro atoms. The molecule has 3 aromatic rings. The number of ether oxygens (including phenoxy) is 1. The lowest BCUT2D eigenvalue weighted by atomic mass is 10.1. The number of carbonyl (C=O) groups is 3. The van der Waals surface area contributed by atoms with Gasteiger partial charge in [0.1, 0.15) is 5.75 Å². The Balaban J connectivity index is 1.82. The molecular weight excluding hydrogens is 364 g/mol. The predicted molar refractivity (Wildman–Crippen MR) is 96.0 cm³/mol. The number of nitrogens with one attached hydrogen (secondary N) is 2. The third kappa shape index (κ3) is 3.66. The molecule has 0 aliphatic carbocycles. The number of hydrogen-bond acceptors (Lipinski definition) is 6. The summed E-state index contributed by atoms with van der Waals surface area (Å²) in [6.45, 7) is 0.0880. The standard InChI is InChI=1S/C20H18N2O6/c1-28-11-6-7-16-15(10-11)12(17(22-16)20(26)27)8-9-21-18(23)13-4-2-3-5-14(13)19(24)25/h2-7,10,22H,8-9H2,1H3,(H,21,23)(H,24,25)(H,26,27)/p-2. The van der Waals surface area contributed by atoms with E-state index in [1.807, 2.05) is 0 Å². The number of hydrogen-bond donors (Lipinski definition) is 2. The number of fused-ring (bicyclic) bond motifs is 1. The summed E-state index contributed by atoms with van der Waals surface area (Å²) in [6.07, 6.45) is 0.190. The maximum absolute atomic E-state index is 12.3. The van der Waals surface area contributed by atoms with Gasteiger partial charge in [-0.15, -0.1) is 0 Å². The Kier molecular flexibility index (Phi) is 5.30. The quantitative estimate of drug-likeness (QED) is 0.587. The summed E-state index contributed by atoms with van der Waals surface area (Å²) in [7, 11) is 1.50. The number of amides is 1. The maximum atomic E-state index is 12.3. The van der Waals surface area contributed by atoms with Crippen LogP contribution in [0.15, 0.2) is 42.5 Å². The average molecular weight is 380 g/mol. The molecule has 28 heavy (non-hydrogen) atoms. The summed E-state index contributed by atoms with van der Waals surface area (Å²) in [4.78, 5) is 37.7. The zero-order valence-electron chi connectivity index (χ0n) is 14.9. The maximum Gasteiger partial charge on any atom is 0.251 e. The molecule has 0 fully saturated rings. The highest BCUT2D eigenvalue weighted by atomic mass is 16.5. The minimum atomic E-state index is -1.45. The Morgan fingerprint density at radius 2 is 1.75 bits per heavy atom. The number of H-pyrrole nitrogens is 1. The summed E-state index contributed by atoms with van der Waals surface area (Å²) in [6, 6.07) is 10.8. The van der Waals surface area contributed by atoms with Crippen molar-refractivity contribution in [2.24, 2.45) is 0 Å². The molecule has 3 rings (SSSR count). The van der Waals surface area contributed by atoms with E-state index in [9.17, 15) is 24.6 Å². The minimum absolute atomic E-state index is 0.0248. The van der Waals surface area contributed by atoms with Crippen molar-refractivity contribution in [1.29, 1.82) is 0 Å². The van der Waals surface area contributed by atoms with Gasteiger partial charge in [0.25, 0.3) is 5.91 Å². The first-order valence-corrected chi connectivity index (χ1v) is 8.41. The molecule has 2 N–H and O–H groups in total. The number of carbonyl (C=O) groups excluding carboxylic acids is 3. The van der Waals surface area contributed by atoms with Gasteiger partial charge in [-0.2, -0.15) is 0 Å². The van der Waals surface area contributed by atoms with Crippen molar-refractivity contribution in [2.45, 2.75) is 6.42 Å². The first kappa shape index (κ1) is 19.0. The van der Waals surface area contributed by atoms with Gasteiger partial charge in [0.15, 0.2) is 0 Å². The van der Waals surface area contributed by atoms with Crippen LogP contribution < -0.4 is 20.3 Å². The highest BCUT2D eigenvalue weighted by Crippen LogP contribution is 2.26. The van der Waals surface area contributed by atoms with Gasteiger partial charge in [0.2, 0.25) is 0 Å². The fourth-order valence-corrected chi connectivity index (χ4v) is 3.04. The molecule has 8 nitrogen and oxygen atoms in total. The van der Waals surface area contributed by atoms with E-state index in [1.54, 1.807) is 24.3 Å². The van der Waals surface area contributed by atoms with Gasteiger partial charge in [0, 0.05) is 28.6 Å². The van der Waals surface area contributed by atoms with Crippen molar-refractivity contribution in [3.8, 4) is 5.75 Å². The number of carboxylic acid groups (broad SMARTS) is 2. The Bertz CT molecular complexity index is 1070. The van der Waals surface area contributed by atoms with E-state index in [0.29, 0.717) is 22.2 Å². The normalized spacial score (nSPS) is 10.6. The lowest BCUT2D eigenvalue weighted by Crippen LogP contribution is -2.31. The second-order valence-corrected chi connectivity index (χ2v) is 6.02. The van der Waals surface area contributed by atoms with Crippen LogP contribution in [0.4, 0.5) is 0 Å². The van der Waals surface area contributed by atoms with Crippen molar-refractivity contribution in [2.75, 3.05) is 13.7 Å². The van der Waals surface area contributed by atoms with E-state index >= 15 is 0 Å². The molecule has 2 aromatic carbocycles. The fraction of sp³-hybridized carbons (Fsp3) is 0.150. The summed E-state index contributed by atoms with van der Waals surface area (Å²) < 4.78 is 5.17. The summed E-state index contributed by atoms with van der Waals surface area (Å²) in [5.41, 5.74) is 0.745. The van der Waals surface area contributed by atoms with Gasteiger partial charge in [-0.25, -0.2) is 0 Å². The molecule has 144 valence electrons. The Labute approximate surface area is 159 Å². The second kappa shape index (κ2) is 7.83. The molecule has 1 amide bonds. The molecule has 1 heterocycles. The predicted octanol–water partition coefficient (Wildman–Crippen LogP) is -0.124. The van der Waals surface area contributed by atoms with E-state index in [-0.39, 0.29) is 29.8 Å². The third-order valence-electron chi connectivity index (χ3n) is 4.37. The molecule has 0 radical (unpaired) electrons. The van der Waals surface area contributed by atoms with Crippen LogP contribution in [0.25, 0.3) is 10.9 Å². The molecule has 0 bridgehead atoms.